The van der Waals surface area contributed by atoms with Crippen molar-refractivity contribution in [3.63, 3.8) is 0 Å². The second-order valence-corrected chi connectivity index (χ2v) is 4.40. The summed E-state index contributed by atoms with van der Waals surface area (Å²) in [5.74, 6) is -0.718. The number of fused-ring (bicyclic) bond motifs is 1. The highest BCUT2D eigenvalue weighted by Crippen LogP contribution is 2.25. The minimum Gasteiger partial charge on any atom is -0.550 e. The summed E-state index contributed by atoms with van der Waals surface area (Å²) in [5, 5.41) is 11.0. The molecule has 0 amide bonds. The molecule has 3 heterocycles. The molecule has 0 spiro atoms. The number of rotatable bonds is 2. The fourth-order valence-corrected chi connectivity index (χ4v) is 2.35. The summed E-state index contributed by atoms with van der Waals surface area (Å²) in [6, 6.07) is 0. The Balaban J connectivity index is 1.94. The van der Waals surface area contributed by atoms with Crippen molar-refractivity contribution < 1.29 is 9.90 Å². The fraction of sp³-hybridized carbons (Fsp3) is 0.455. The van der Waals surface area contributed by atoms with Crippen LogP contribution in [0, 0.1) is 5.92 Å². The van der Waals surface area contributed by atoms with Gasteiger partial charge >= 0.3 is 0 Å². The highest BCUT2D eigenvalue weighted by Gasteiger charge is 2.23. The SMILES string of the molecule is O=C([O-])[C@H]1CCCN(c2ncnc3nc[nH]c23)C1. The fourth-order valence-electron chi connectivity index (χ4n) is 2.35. The number of aromatic amines is 1. The van der Waals surface area contributed by atoms with E-state index in [9.17, 15) is 9.90 Å². The van der Waals surface area contributed by atoms with E-state index in [4.69, 9.17) is 0 Å². The number of nitrogens with zero attached hydrogens (tertiary/aromatic N) is 4. The number of nitrogens with one attached hydrogen (secondary N) is 1. The summed E-state index contributed by atoms with van der Waals surface area (Å²) >= 11 is 0. The number of hydrogen-bond acceptors (Lipinski definition) is 6. The van der Waals surface area contributed by atoms with Crippen LogP contribution < -0.4 is 10.0 Å². The van der Waals surface area contributed by atoms with Crippen molar-refractivity contribution in [2.45, 2.75) is 12.8 Å². The van der Waals surface area contributed by atoms with Gasteiger partial charge in [-0.2, -0.15) is 0 Å². The maximum atomic E-state index is 11.0. The average Bonchev–Trinajstić information content (AvgIpc) is 2.87. The van der Waals surface area contributed by atoms with Crippen LogP contribution in [0.4, 0.5) is 5.82 Å². The van der Waals surface area contributed by atoms with Crippen molar-refractivity contribution >= 4 is 23.0 Å². The van der Waals surface area contributed by atoms with Crippen LogP contribution in [0.15, 0.2) is 12.7 Å². The van der Waals surface area contributed by atoms with Crippen LogP contribution in [0.5, 0.6) is 0 Å². The standard InChI is InChI=1S/C11H13N5O2/c17-11(18)7-2-1-3-16(4-7)10-8-9(13-5-12-8)14-6-15-10/h5-7H,1-4H2,(H,17,18)(H,12,13,14,15)/p-1/t7-/m0/s1. The largest absolute Gasteiger partial charge is 0.550 e. The first kappa shape index (κ1) is 10.9. The second kappa shape index (κ2) is 4.25. The van der Waals surface area contributed by atoms with Crippen LogP contribution in [0.25, 0.3) is 11.2 Å². The lowest BCUT2D eigenvalue weighted by Gasteiger charge is -2.33. The molecule has 0 saturated carbocycles. The van der Waals surface area contributed by atoms with Crippen LogP contribution >= 0.6 is 0 Å². The van der Waals surface area contributed by atoms with E-state index in [1.54, 1.807) is 6.33 Å². The van der Waals surface area contributed by atoms with E-state index in [1.165, 1.54) is 6.33 Å². The highest BCUT2D eigenvalue weighted by atomic mass is 16.4. The van der Waals surface area contributed by atoms with Crippen LogP contribution in [0.3, 0.4) is 0 Å². The predicted molar refractivity (Wildman–Crippen MR) is 61.6 cm³/mol. The number of anilines is 1. The van der Waals surface area contributed by atoms with Gasteiger partial charge in [-0.1, -0.05) is 0 Å². The molecule has 1 N–H and O–H groups in total. The van der Waals surface area contributed by atoms with Gasteiger partial charge in [0.05, 0.1) is 6.33 Å². The van der Waals surface area contributed by atoms with Gasteiger partial charge in [-0.15, -0.1) is 0 Å². The number of aliphatic carboxylic acids is 1. The first-order chi connectivity index (χ1) is 8.75. The first-order valence-electron chi connectivity index (χ1n) is 5.85. The zero-order valence-corrected chi connectivity index (χ0v) is 9.67. The lowest BCUT2D eigenvalue weighted by atomic mass is 9.98. The molecule has 3 rings (SSSR count). The monoisotopic (exact) mass is 246 g/mol. The first-order valence-corrected chi connectivity index (χ1v) is 5.85. The summed E-state index contributed by atoms with van der Waals surface area (Å²) in [4.78, 5) is 28.2. The Morgan fingerprint density at radius 2 is 2.33 bits per heavy atom. The van der Waals surface area contributed by atoms with Gasteiger partial charge in [-0.3, -0.25) is 0 Å². The molecule has 7 heteroatoms. The average molecular weight is 246 g/mol. The number of piperidine rings is 1. The zero-order valence-electron chi connectivity index (χ0n) is 9.67. The second-order valence-electron chi connectivity index (χ2n) is 4.40. The van der Waals surface area contributed by atoms with Gasteiger partial charge in [0, 0.05) is 25.0 Å². The number of aromatic nitrogens is 4. The van der Waals surface area contributed by atoms with Gasteiger partial charge in [0.25, 0.3) is 0 Å². The molecular formula is C11H12N5O2-. The summed E-state index contributed by atoms with van der Waals surface area (Å²) < 4.78 is 0. The topological polar surface area (TPSA) is 97.8 Å². The Hall–Kier alpha value is -2.18. The van der Waals surface area contributed by atoms with Crippen molar-refractivity contribution in [3.8, 4) is 0 Å². The molecule has 0 unspecified atom stereocenters. The highest BCUT2D eigenvalue weighted by molar-refractivity contribution is 5.83. The van der Waals surface area contributed by atoms with Gasteiger partial charge in [0.15, 0.2) is 11.5 Å². The Bertz CT molecular complexity index is 582. The number of carboxylic acid groups (broad SMARTS) is 1. The minimum absolute atomic E-state index is 0.424. The maximum Gasteiger partial charge on any atom is 0.182 e. The van der Waals surface area contributed by atoms with E-state index in [0.717, 1.165) is 18.5 Å². The van der Waals surface area contributed by atoms with E-state index in [0.29, 0.717) is 24.4 Å². The summed E-state index contributed by atoms with van der Waals surface area (Å²) in [6.07, 6.45) is 4.48. The smallest absolute Gasteiger partial charge is 0.182 e. The maximum absolute atomic E-state index is 11.0. The van der Waals surface area contributed by atoms with E-state index in [2.05, 4.69) is 19.9 Å². The van der Waals surface area contributed by atoms with Crippen molar-refractivity contribution in [1.82, 2.24) is 19.9 Å². The number of carbonyl (C=O) groups excluding carboxylic acids is 1. The minimum atomic E-state index is -0.991. The lowest BCUT2D eigenvalue weighted by molar-refractivity contribution is -0.311. The predicted octanol–water partition coefficient (Wildman–Crippen LogP) is -0.681. The summed E-state index contributed by atoms with van der Waals surface area (Å²) in [7, 11) is 0. The third kappa shape index (κ3) is 1.77. The number of imidazole rings is 1. The Morgan fingerprint density at radius 3 is 3.17 bits per heavy atom. The van der Waals surface area contributed by atoms with E-state index in [-0.39, 0.29) is 0 Å². The normalized spacial score (nSPS) is 20.2. The molecule has 1 aliphatic rings. The van der Waals surface area contributed by atoms with Crippen molar-refractivity contribution in [2.24, 2.45) is 5.92 Å². The number of carbonyl (C=O) groups is 1. The molecule has 1 fully saturated rings. The summed E-state index contributed by atoms with van der Waals surface area (Å²) in [6.45, 7) is 1.21. The van der Waals surface area contributed by atoms with E-state index >= 15 is 0 Å². The lowest BCUT2D eigenvalue weighted by Crippen LogP contribution is -2.44. The van der Waals surface area contributed by atoms with Crippen LogP contribution in [-0.2, 0) is 4.79 Å². The molecule has 0 aromatic carbocycles. The van der Waals surface area contributed by atoms with E-state index in [1.807, 2.05) is 4.90 Å². The quantitative estimate of drug-likeness (QED) is 0.753. The number of carboxylic acids is 1. The molecule has 7 nitrogen and oxygen atoms in total. The van der Waals surface area contributed by atoms with Crippen molar-refractivity contribution in [1.29, 1.82) is 0 Å². The summed E-state index contributed by atoms with van der Waals surface area (Å²) in [5.41, 5.74) is 1.34. The van der Waals surface area contributed by atoms with Gasteiger partial charge in [0.1, 0.15) is 11.8 Å². The molecule has 1 saturated heterocycles. The Labute approximate surface area is 103 Å². The molecule has 0 bridgehead atoms. The van der Waals surface area contributed by atoms with Crippen LogP contribution in [0.2, 0.25) is 0 Å². The Morgan fingerprint density at radius 1 is 1.44 bits per heavy atom. The molecule has 1 atom stereocenters. The molecule has 18 heavy (non-hydrogen) atoms. The van der Waals surface area contributed by atoms with E-state index < -0.39 is 11.9 Å². The van der Waals surface area contributed by atoms with Gasteiger partial charge < -0.3 is 19.8 Å². The Kier molecular flexibility index (Phi) is 2.58. The molecule has 94 valence electrons. The number of H-pyrrole nitrogens is 1. The molecule has 0 radical (unpaired) electrons. The third-order valence-electron chi connectivity index (χ3n) is 3.26. The van der Waals surface area contributed by atoms with Crippen molar-refractivity contribution in [3.05, 3.63) is 12.7 Å². The molecule has 2 aromatic rings. The third-order valence-corrected chi connectivity index (χ3v) is 3.26. The molecular weight excluding hydrogens is 234 g/mol. The molecule has 1 aliphatic heterocycles. The molecule has 0 aliphatic carbocycles. The van der Waals surface area contributed by atoms with Gasteiger partial charge in [-0.25, -0.2) is 15.0 Å². The molecule has 2 aromatic heterocycles. The van der Waals surface area contributed by atoms with Crippen LogP contribution in [-0.4, -0.2) is 39.0 Å². The zero-order chi connectivity index (χ0) is 12.5. The van der Waals surface area contributed by atoms with Gasteiger partial charge in [-0.05, 0) is 12.8 Å². The van der Waals surface area contributed by atoms with Crippen molar-refractivity contribution in [2.75, 3.05) is 18.0 Å². The number of hydrogen-bond donors (Lipinski definition) is 1. The van der Waals surface area contributed by atoms with Crippen LogP contribution in [0.1, 0.15) is 12.8 Å². The van der Waals surface area contributed by atoms with Gasteiger partial charge in [0.2, 0.25) is 0 Å².